The van der Waals surface area contributed by atoms with Crippen LogP contribution in [0.25, 0.3) is 0 Å². The van der Waals surface area contributed by atoms with Crippen molar-refractivity contribution in [1.82, 2.24) is 0 Å². The van der Waals surface area contributed by atoms with Gasteiger partial charge in [0, 0.05) is 5.56 Å². The van der Waals surface area contributed by atoms with Crippen LogP contribution in [0, 0.1) is 0 Å². The van der Waals surface area contributed by atoms with Gasteiger partial charge >= 0.3 is 0 Å². The second-order valence-electron chi connectivity index (χ2n) is 4.07. The van der Waals surface area contributed by atoms with Crippen LogP contribution in [0.4, 0.5) is 5.69 Å². The lowest BCUT2D eigenvalue weighted by molar-refractivity contribution is -0.125. The van der Waals surface area contributed by atoms with Gasteiger partial charge in [0.2, 0.25) is 0 Å². The molecule has 2 aromatic carbocycles. The minimum Gasteiger partial charge on any atom is -0.371 e. The van der Waals surface area contributed by atoms with Crippen LogP contribution in [0.1, 0.15) is 11.6 Å². The molecule has 0 spiro atoms. The summed E-state index contributed by atoms with van der Waals surface area (Å²) in [6.45, 7) is 0. The third-order valence-electron chi connectivity index (χ3n) is 2.90. The highest BCUT2D eigenvalue weighted by molar-refractivity contribution is 5.98. The maximum Gasteiger partial charge on any atom is 0.281 e. The Kier molecular flexibility index (Phi) is 2.50. The van der Waals surface area contributed by atoms with E-state index >= 15 is 0 Å². The maximum absolute atomic E-state index is 12.2. The summed E-state index contributed by atoms with van der Waals surface area (Å²) in [5.74, 6) is 0.355. The highest BCUT2D eigenvalue weighted by atomic mass is 16.7. The molecule has 0 saturated heterocycles. The van der Waals surface area contributed by atoms with Crippen molar-refractivity contribution >= 4 is 11.6 Å². The number of carbonyl (C=O) groups excluding carboxylic acids is 1. The van der Waals surface area contributed by atoms with Crippen molar-refractivity contribution in [3.8, 4) is 5.75 Å². The highest BCUT2D eigenvalue weighted by Gasteiger charge is 2.33. The van der Waals surface area contributed by atoms with Crippen LogP contribution in [0.15, 0.2) is 54.6 Å². The molecule has 4 nitrogen and oxygen atoms in total. The molecule has 3 rings (SSSR count). The smallest absolute Gasteiger partial charge is 0.281 e. The summed E-state index contributed by atoms with van der Waals surface area (Å²) in [4.78, 5) is 17.8. The van der Waals surface area contributed by atoms with Crippen LogP contribution in [-0.2, 0) is 4.79 Å². The van der Waals surface area contributed by atoms with E-state index in [0.717, 1.165) is 5.56 Å². The van der Waals surface area contributed by atoms with E-state index in [1.165, 1.54) is 5.06 Å². The molecule has 1 atom stereocenters. The minimum atomic E-state index is -0.685. The zero-order chi connectivity index (χ0) is 12.5. The molecule has 1 aliphatic rings. The number of anilines is 1. The zero-order valence-electron chi connectivity index (χ0n) is 9.61. The van der Waals surface area contributed by atoms with Gasteiger partial charge < -0.3 is 10.6 Å². The summed E-state index contributed by atoms with van der Waals surface area (Å²) in [7, 11) is 0. The number of nitrogens with two attached hydrogens (primary N) is 1. The van der Waals surface area contributed by atoms with E-state index < -0.39 is 6.04 Å². The summed E-state index contributed by atoms with van der Waals surface area (Å²) in [5, 5.41) is 1.24. The van der Waals surface area contributed by atoms with Gasteiger partial charge in [-0.1, -0.05) is 36.4 Å². The standard InChI is InChI=1S/C14H12N2O2/c15-13-11-8-4-5-9-12(11)18-16(14(13)17)10-6-2-1-3-7-10/h1-9,13H,15H2. The lowest BCUT2D eigenvalue weighted by atomic mass is 10.0. The molecule has 1 aliphatic heterocycles. The minimum absolute atomic E-state index is 0.264. The maximum atomic E-state index is 12.2. The molecule has 2 N–H and O–H groups in total. The summed E-state index contributed by atoms with van der Waals surface area (Å²) >= 11 is 0. The Hall–Kier alpha value is -2.33. The van der Waals surface area contributed by atoms with Gasteiger partial charge in [-0.2, -0.15) is 0 Å². The van der Waals surface area contributed by atoms with Crippen LogP contribution < -0.4 is 15.6 Å². The Labute approximate surface area is 105 Å². The van der Waals surface area contributed by atoms with Gasteiger partial charge in [0.05, 0.1) is 5.69 Å². The third-order valence-corrected chi connectivity index (χ3v) is 2.90. The van der Waals surface area contributed by atoms with Crippen molar-refractivity contribution in [1.29, 1.82) is 0 Å². The van der Waals surface area contributed by atoms with Crippen LogP contribution >= 0.6 is 0 Å². The van der Waals surface area contributed by atoms with Gasteiger partial charge in [-0.05, 0) is 18.2 Å². The number of hydroxylamine groups is 1. The first-order chi connectivity index (χ1) is 8.77. The first kappa shape index (κ1) is 10.8. The molecule has 0 bridgehead atoms. The number of hydrogen-bond donors (Lipinski definition) is 1. The van der Waals surface area contributed by atoms with E-state index in [0.29, 0.717) is 11.4 Å². The first-order valence-corrected chi connectivity index (χ1v) is 5.69. The Bertz CT molecular complexity index is 583. The van der Waals surface area contributed by atoms with Gasteiger partial charge in [0.15, 0.2) is 5.75 Å². The molecule has 18 heavy (non-hydrogen) atoms. The molecule has 1 heterocycles. The van der Waals surface area contributed by atoms with Crippen LogP contribution in [0.2, 0.25) is 0 Å². The third kappa shape index (κ3) is 1.63. The van der Waals surface area contributed by atoms with Crippen molar-refractivity contribution < 1.29 is 9.63 Å². The summed E-state index contributed by atoms with van der Waals surface area (Å²) in [6.07, 6.45) is 0. The van der Waals surface area contributed by atoms with E-state index in [2.05, 4.69) is 0 Å². The number of amides is 1. The Morgan fingerprint density at radius 1 is 1.00 bits per heavy atom. The number of fused-ring (bicyclic) bond motifs is 1. The molecule has 0 saturated carbocycles. The molecule has 0 fully saturated rings. The quantitative estimate of drug-likeness (QED) is 0.829. The summed E-state index contributed by atoms with van der Waals surface area (Å²) < 4.78 is 0. The number of para-hydroxylation sites is 2. The van der Waals surface area contributed by atoms with Crippen LogP contribution in [0.5, 0.6) is 5.75 Å². The fourth-order valence-electron chi connectivity index (χ4n) is 1.97. The topological polar surface area (TPSA) is 55.6 Å². The fourth-order valence-corrected chi connectivity index (χ4v) is 1.97. The first-order valence-electron chi connectivity index (χ1n) is 5.69. The predicted octanol–water partition coefficient (Wildman–Crippen LogP) is 2.03. The van der Waals surface area contributed by atoms with Crippen LogP contribution in [0.3, 0.4) is 0 Å². The average Bonchev–Trinajstić information content (AvgIpc) is 2.44. The number of nitrogens with zero attached hydrogens (tertiary/aromatic N) is 1. The second kappa shape index (κ2) is 4.16. The monoisotopic (exact) mass is 240 g/mol. The van der Waals surface area contributed by atoms with E-state index in [1.54, 1.807) is 24.3 Å². The Balaban J connectivity index is 2.04. The lowest BCUT2D eigenvalue weighted by Crippen LogP contribution is -2.44. The highest BCUT2D eigenvalue weighted by Crippen LogP contribution is 2.32. The van der Waals surface area contributed by atoms with E-state index in [-0.39, 0.29) is 5.91 Å². The molecule has 0 aromatic heterocycles. The van der Waals surface area contributed by atoms with Crippen molar-refractivity contribution in [2.24, 2.45) is 5.73 Å². The molecule has 1 amide bonds. The summed E-state index contributed by atoms with van der Waals surface area (Å²) in [5.41, 5.74) is 7.34. The van der Waals surface area contributed by atoms with Gasteiger partial charge in [0.25, 0.3) is 5.91 Å². The molecule has 2 aromatic rings. The van der Waals surface area contributed by atoms with Crippen molar-refractivity contribution in [3.05, 3.63) is 60.2 Å². The van der Waals surface area contributed by atoms with Crippen molar-refractivity contribution in [2.75, 3.05) is 5.06 Å². The SMILES string of the molecule is NC1C(=O)N(c2ccccc2)Oc2ccccc21. The molecular weight excluding hydrogens is 228 g/mol. The van der Waals surface area contributed by atoms with E-state index in [4.69, 9.17) is 10.6 Å². The molecular formula is C14H12N2O2. The molecule has 1 unspecified atom stereocenters. The van der Waals surface area contributed by atoms with Crippen molar-refractivity contribution in [3.63, 3.8) is 0 Å². The van der Waals surface area contributed by atoms with Gasteiger partial charge in [-0.15, -0.1) is 5.06 Å². The number of benzene rings is 2. The molecule has 0 aliphatic carbocycles. The largest absolute Gasteiger partial charge is 0.371 e. The molecule has 4 heteroatoms. The predicted molar refractivity (Wildman–Crippen MR) is 67.9 cm³/mol. The number of rotatable bonds is 1. The zero-order valence-corrected chi connectivity index (χ0v) is 9.61. The molecule has 90 valence electrons. The normalized spacial score (nSPS) is 18.2. The fraction of sp³-hybridized carbons (Fsp3) is 0.0714. The van der Waals surface area contributed by atoms with Crippen LogP contribution in [-0.4, -0.2) is 5.91 Å². The van der Waals surface area contributed by atoms with Crippen molar-refractivity contribution in [2.45, 2.75) is 6.04 Å². The second-order valence-corrected chi connectivity index (χ2v) is 4.07. The van der Waals surface area contributed by atoms with Gasteiger partial charge in [0.1, 0.15) is 6.04 Å². The number of hydrogen-bond acceptors (Lipinski definition) is 3. The van der Waals surface area contributed by atoms with E-state index in [1.807, 2.05) is 30.3 Å². The average molecular weight is 240 g/mol. The summed E-state index contributed by atoms with van der Waals surface area (Å²) in [6, 6.07) is 15.8. The Morgan fingerprint density at radius 3 is 2.44 bits per heavy atom. The number of carbonyl (C=O) groups is 1. The van der Waals surface area contributed by atoms with Gasteiger partial charge in [-0.3, -0.25) is 4.79 Å². The van der Waals surface area contributed by atoms with Gasteiger partial charge in [-0.25, -0.2) is 0 Å². The lowest BCUT2D eigenvalue weighted by Gasteiger charge is -2.31. The Morgan fingerprint density at radius 2 is 1.67 bits per heavy atom. The molecule has 0 radical (unpaired) electrons. The van der Waals surface area contributed by atoms with E-state index in [9.17, 15) is 4.79 Å².